The first-order valence-electron chi connectivity index (χ1n) is 9.25. The van der Waals surface area contributed by atoms with Crippen molar-refractivity contribution in [3.63, 3.8) is 0 Å². The molecule has 1 aliphatic rings. The van der Waals surface area contributed by atoms with Gasteiger partial charge >= 0.3 is 0 Å². The molecule has 1 aromatic carbocycles. The van der Waals surface area contributed by atoms with Crippen molar-refractivity contribution in [1.82, 2.24) is 20.4 Å². The molecular formula is C20H20N4O4S. The molecule has 150 valence electrons. The minimum absolute atomic E-state index is 0.0628. The molecule has 0 spiro atoms. The summed E-state index contributed by atoms with van der Waals surface area (Å²) in [7, 11) is 1.61. The third kappa shape index (κ3) is 4.14. The van der Waals surface area contributed by atoms with E-state index in [0.29, 0.717) is 23.1 Å². The summed E-state index contributed by atoms with van der Waals surface area (Å²) in [6, 6.07) is 10.6. The molecular weight excluding hydrogens is 392 g/mol. The highest BCUT2D eigenvalue weighted by Gasteiger charge is 2.34. The number of benzene rings is 1. The number of nitrogens with zero attached hydrogens (tertiary/aromatic N) is 3. The van der Waals surface area contributed by atoms with Crippen molar-refractivity contribution < 1.29 is 18.8 Å². The molecule has 1 atom stereocenters. The maximum Gasteiger partial charge on any atom is 0.261 e. The number of ether oxygens (including phenoxy) is 1. The Bertz CT molecular complexity index is 984. The lowest BCUT2D eigenvalue weighted by Crippen LogP contribution is -2.39. The van der Waals surface area contributed by atoms with E-state index in [2.05, 4.69) is 15.5 Å². The largest absolute Gasteiger partial charge is 0.497 e. The molecule has 3 aromatic rings. The van der Waals surface area contributed by atoms with Crippen LogP contribution in [-0.4, -0.2) is 47.1 Å². The number of hydrogen-bond acceptors (Lipinski definition) is 7. The highest BCUT2D eigenvalue weighted by molar-refractivity contribution is 7.12. The van der Waals surface area contributed by atoms with Crippen LogP contribution in [0.1, 0.15) is 34.4 Å². The molecule has 0 aliphatic carbocycles. The van der Waals surface area contributed by atoms with Gasteiger partial charge in [0.05, 0.1) is 18.5 Å². The lowest BCUT2D eigenvalue weighted by atomic mass is 10.2. The normalized spacial score (nSPS) is 16.0. The number of methoxy groups -OCH3 is 1. The van der Waals surface area contributed by atoms with Gasteiger partial charge < -0.3 is 19.5 Å². The number of carbonyl (C=O) groups is 2. The molecule has 8 nitrogen and oxygen atoms in total. The zero-order valence-electron chi connectivity index (χ0n) is 15.8. The zero-order chi connectivity index (χ0) is 20.2. The van der Waals surface area contributed by atoms with Crippen LogP contribution in [0.4, 0.5) is 0 Å². The molecule has 9 heteroatoms. The van der Waals surface area contributed by atoms with Gasteiger partial charge in [0.1, 0.15) is 11.8 Å². The quantitative estimate of drug-likeness (QED) is 0.669. The number of rotatable bonds is 6. The molecule has 0 bridgehead atoms. The van der Waals surface area contributed by atoms with Crippen LogP contribution in [0.5, 0.6) is 5.75 Å². The average Bonchev–Trinajstić information content (AvgIpc) is 3.52. The Morgan fingerprint density at radius 2 is 2.14 bits per heavy atom. The van der Waals surface area contributed by atoms with Crippen LogP contribution in [0.3, 0.4) is 0 Å². The summed E-state index contributed by atoms with van der Waals surface area (Å²) >= 11 is 1.34. The molecule has 29 heavy (non-hydrogen) atoms. The Hall–Kier alpha value is -3.20. The monoisotopic (exact) mass is 412 g/mol. The van der Waals surface area contributed by atoms with Gasteiger partial charge in [-0.3, -0.25) is 9.59 Å². The van der Waals surface area contributed by atoms with Gasteiger partial charge in [-0.05, 0) is 48.6 Å². The molecule has 1 saturated heterocycles. The van der Waals surface area contributed by atoms with Crippen LogP contribution >= 0.6 is 11.3 Å². The van der Waals surface area contributed by atoms with Crippen LogP contribution in [0, 0.1) is 0 Å². The van der Waals surface area contributed by atoms with Gasteiger partial charge in [0.25, 0.3) is 5.91 Å². The van der Waals surface area contributed by atoms with E-state index in [1.807, 2.05) is 29.6 Å². The van der Waals surface area contributed by atoms with Gasteiger partial charge in [-0.2, -0.15) is 4.98 Å². The van der Waals surface area contributed by atoms with Crippen LogP contribution in [0.25, 0.3) is 11.4 Å². The van der Waals surface area contributed by atoms with Gasteiger partial charge in [0, 0.05) is 12.1 Å². The zero-order valence-corrected chi connectivity index (χ0v) is 16.6. The number of nitrogens with one attached hydrogen (secondary N) is 1. The summed E-state index contributed by atoms with van der Waals surface area (Å²) in [6.07, 6.45) is 1.59. The second-order valence-electron chi connectivity index (χ2n) is 6.59. The van der Waals surface area contributed by atoms with Crippen LogP contribution in [-0.2, 0) is 4.79 Å². The van der Waals surface area contributed by atoms with Crippen molar-refractivity contribution in [2.45, 2.75) is 18.9 Å². The Labute approximate surface area is 171 Å². The maximum atomic E-state index is 12.7. The van der Waals surface area contributed by atoms with Crippen molar-refractivity contribution in [1.29, 1.82) is 0 Å². The molecule has 1 N–H and O–H groups in total. The third-order valence-electron chi connectivity index (χ3n) is 4.79. The molecule has 4 rings (SSSR count). The minimum atomic E-state index is -0.277. The Balaban J connectivity index is 1.42. The Morgan fingerprint density at radius 1 is 1.31 bits per heavy atom. The molecule has 2 amide bonds. The van der Waals surface area contributed by atoms with E-state index in [-0.39, 0.29) is 24.4 Å². The Morgan fingerprint density at radius 3 is 2.86 bits per heavy atom. The summed E-state index contributed by atoms with van der Waals surface area (Å²) in [5.41, 5.74) is 0.805. The van der Waals surface area contributed by atoms with E-state index in [1.165, 1.54) is 11.3 Å². The second-order valence-corrected chi connectivity index (χ2v) is 7.54. The molecule has 2 aromatic heterocycles. The number of hydrogen-bond donors (Lipinski definition) is 1. The SMILES string of the molecule is COc1ccc(-c2noc([C@@H]3CCCN3C(=O)CNC(=O)c3cccs3)n2)cc1. The van der Waals surface area contributed by atoms with Crippen LogP contribution in [0.15, 0.2) is 46.3 Å². The third-order valence-corrected chi connectivity index (χ3v) is 5.66. The molecule has 1 fully saturated rings. The predicted octanol–water partition coefficient (Wildman–Crippen LogP) is 2.90. The minimum Gasteiger partial charge on any atom is -0.497 e. The van der Waals surface area contributed by atoms with Gasteiger partial charge in [0.15, 0.2) is 0 Å². The van der Waals surface area contributed by atoms with Crippen molar-refractivity contribution in [2.24, 2.45) is 0 Å². The van der Waals surface area contributed by atoms with E-state index in [1.54, 1.807) is 24.1 Å². The predicted molar refractivity (Wildman–Crippen MR) is 107 cm³/mol. The number of thiophene rings is 1. The van der Waals surface area contributed by atoms with Crippen LogP contribution in [0.2, 0.25) is 0 Å². The van der Waals surface area contributed by atoms with Gasteiger partial charge in [-0.1, -0.05) is 11.2 Å². The second kappa shape index (κ2) is 8.44. The smallest absolute Gasteiger partial charge is 0.261 e. The first kappa shape index (κ1) is 19.1. The first-order chi connectivity index (χ1) is 14.2. The van der Waals surface area contributed by atoms with Gasteiger partial charge in [-0.15, -0.1) is 11.3 Å². The van der Waals surface area contributed by atoms with Crippen LogP contribution < -0.4 is 10.1 Å². The number of aromatic nitrogens is 2. The fourth-order valence-electron chi connectivity index (χ4n) is 3.30. The van der Waals surface area contributed by atoms with Gasteiger partial charge in [0.2, 0.25) is 17.6 Å². The molecule has 1 aliphatic heterocycles. The highest BCUT2D eigenvalue weighted by Crippen LogP contribution is 2.32. The van der Waals surface area contributed by atoms with Crippen molar-refractivity contribution in [3.8, 4) is 17.1 Å². The molecule has 3 heterocycles. The first-order valence-corrected chi connectivity index (χ1v) is 10.1. The topological polar surface area (TPSA) is 97.6 Å². The fraction of sp³-hybridized carbons (Fsp3) is 0.300. The summed E-state index contributed by atoms with van der Waals surface area (Å²) in [5, 5.41) is 8.56. The number of amides is 2. The molecule has 0 unspecified atom stereocenters. The van der Waals surface area contributed by atoms with E-state index in [0.717, 1.165) is 24.2 Å². The van der Waals surface area contributed by atoms with Gasteiger partial charge in [-0.25, -0.2) is 0 Å². The standard InChI is InChI=1S/C20H20N4O4S/c1-27-14-8-6-13(7-9-14)18-22-20(28-23-18)15-4-2-10-24(15)17(25)12-21-19(26)16-5-3-11-29-16/h3,5-9,11,15H,2,4,10,12H2,1H3,(H,21,26)/t15-/m0/s1. The number of carbonyl (C=O) groups excluding carboxylic acids is 2. The van der Waals surface area contributed by atoms with Crippen molar-refractivity contribution in [2.75, 3.05) is 20.2 Å². The average molecular weight is 412 g/mol. The highest BCUT2D eigenvalue weighted by atomic mass is 32.1. The summed E-state index contributed by atoms with van der Waals surface area (Å²) in [5.74, 6) is 1.21. The van der Waals surface area contributed by atoms with Crippen molar-refractivity contribution in [3.05, 3.63) is 52.5 Å². The lowest BCUT2D eigenvalue weighted by Gasteiger charge is -2.21. The Kier molecular flexibility index (Phi) is 5.57. The molecule has 0 radical (unpaired) electrons. The number of likely N-dealkylation sites (tertiary alicyclic amines) is 1. The summed E-state index contributed by atoms with van der Waals surface area (Å²) < 4.78 is 10.6. The summed E-state index contributed by atoms with van der Waals surface area (Å²) in [4.78, 5) is 31.5. The van der Waals surface area contributed by atoms with E-state index in [9.17, 15) is 9.59 Å². The summed E-state index contributed by atoms with van der Waals surface area (Å²) in [6.45, 7) is 0.533. The maximum absolute atomic E-state index is 12.7. The molecule has 0 saturated carbocycles. The lowest BCUT2D eigenvalue weighted by molar-refractivity contribution is -0.131. The fourth-order valence-corrected chi connectivity index (χ4v) is 3.94. The van der Waals surface area contributed by atoms with E-state index >= 15 is 0 Å². The van der Waals surface area contributed by atoms with E-state index < -0.39 is 0 Å². The van der Waals surface area contributed by atoms with Crippen molar-refractivity contribution >= 4 is 23.2 Å². The van der Waals surface area contributed by atoms with E-state index in [4.69, 9.17) is 9.26 Å².